The van der Waals surface area contributed by atoms with Crippen molar-refractivity contribution in [1.82, 2.24) is 4.98 Å². The van der Waals surface area contributed by atoms with Crippen molar-refractivity contribution in [3.8, 4) is 0 Å². The van der Waals surface area contributed by atoms with Crippen molar-refractivity contribution in [3.05, 3.63) is 15.5 Å². The second-order valence-corrected chi connectivity index (χ2v) is 4.96. The van der Waals surface area contributed by atoms with Crippen LogP contribution in [-0.2, 0) is 0 Å². The number of nitrogens with zero attached hydrogens (tertiary/aromatic N) is 1. The standard InChI is InChI=1S/C9H14ClNOS/c1-3-6(2)4-7(12)9-11-5-8(10)13-9/h5-7,12H,3-4H2,1-2H3. The van der Waals surface area contributed by atoms with Gasteiger partial charge in [0, 0.05) is 0 Å². The summed E-state index contributed by atoms with van der Waals surface area (Å²) >= 11 is 7.07. The Balaban J connectivity index is 2.53. The molecule has 0 saturated heterocycles. The van der Waals surface area contributed by atoms with Gasteiger partial charge in [0.15, 0.2) is 0 Å². The van der Waals surface area contributed by atoms with Crippen molar-refractivity contribution in [2.45, 2.75) is 32.8 Å². The molecule has 1 N–H and O–H groups in total. The van der Waals surface area contributed by atoms with Gasteiger partial charge in [0.1, 0.15) is 15.4 Å². The summed E-state index contributed by atoms with van der Waals surface area (Å²) in [4.78, 5) is 4.04. The highest BCUT2D eigenvalue weighted by Crippen LogP contribution is 2.28. The third-order valence-corrected chi connectivity index (χ3v) is 3.32. The summed E-state index contributed by atoms with van der Waals surface area (Å²) in [7, 11) is 0. The van der Waals surface area contributed by atoms with Crippen LogP contribution in [0.3, 0.4) is 0 Å². The van der Waals surface area contributed by atoms with E-state index in [1.807, 2.05) is 0 Å². The predicted octanol–water partition coefficient (Wildman–Crippen LogP) is 3.27. The molecule has 0 radical (unpaired) electrons. The van der Waals surface area contributed by atoms with Crippen LogP contribution in [0.1, 0.15) is 37.8 Å². The van der Waals surface area contributed by atoms with Gasteiger partial charge in [-0.05, 0) is 12.3 Å². The number of halogens is 1. The van der Waals surface area contributed by atoms with E-state index in [1.165, 1.54) is 11.3 Å². The van der Waals surface area contributed by atoms with E-state index in [2.05, 4.69) is 18.8 Å². The van der Waals surface area contributed by atoms with Crippen LogP contribution in [0.4, 0.5) is 0 Å². The van der Waals surface area contributed by atoms with Gasteiger partial charge in [0.05, 0.1) is 6.20 Å². The molecule has 2 atom stereocenters. The van der Waals surface area contributed by atoms with E-state index in [4.69, 9.17) is 11.6 Å². The Labute approximate surface area is 87.6 Å². The average Bonchev–Trinajstić information content (AvgIpc) is 2.51. The Kier molecular flexibility index (Phi) is 4.16. The third-order valence-electron chi connectivity index (χ3n) is 2.10. The zero-order valence-electron chi connectivity index (χ0n) is 7.83. The molecule has 0 saturated carbocycles. The maximum absolute atomic E-state index is 9.72. The van der Waals surface area contributed by atoms with Gasteiger partial charge in [0.2, 0.25) is 0 Å². The lowest BCUT2D eigenvalue weighted by Gasteiger charge is -2.11. The Morgan fingerprint density at radius 2 is 2.38 bits per heavy atom. The Hall–Kier alpha value is -0.120. The smallest absolute Gasteiger partial charge is 0.123 e. The number of aromatic nitrogens is 1. The molecule has 2 unspecified atom stereocenters. The highest BCUT2D eigenvalue weighted by Gasteiger charge is 2.14. The highest BCUT2D eigenvalue weighted by atomic mass is 35.5. The molecule has 0 aliphatic carbocycles. The third kappa shape index (κ3) is 3.25. The topological polar surface area (TPSA) is 33.1 Å². The fourth-order valence-corrected chi connectivity index (χ4v) is 2.00. The largest absolute Gasteiger partial charge is 0.386 e. The first-order chi connectivity index (χ1) is 6.13. The average molecular weight is 220 g/mol. The van der Waals surface area contributed by atoms with Gasteiger partial charge in [-0.25, -0.2) is 4.98 Å². The normalized spacial score (nSPS) is 15.7. The van der Waals surface area contributed by atoms with E-state index in [0.29, 0.717) is 10.3 Å². The van der Waals surface area contributed by atoms with Gasteiger partial charge in [-0.3, -0.25) is 0 Å². The molecular weight excluding hydrogens is 206 g/mol. The zero-order chi connectivity index (χ0) is 9.84. The molecule has 0 fully saturated rings. The van der Waals surface area contributed by atoms with Crippen LogP contribution in [0.5, 0.6) is 0 Å². The van der Waals surface area contributed by atoms with Crippen molar-refractivity contribution in [1.29, 1.82) is 0 Å². The Morgan fingerprint density at radius 1 is 1.69 bits per heavy atom. The van der Waals surface area contributed by atoms with Crippen molar-refractivity contribution in [3.63, 3.8) is 0 Å². The first-order valence-electron chi connectivity index (χ1n) is 4.42. The molecule has 0 bridgehead atoms. The minimum Gasteiger partial charge on any atom is -0.386 e. The van der Waals surface area contributed by atoms with Gasteiger partial charge >= 0.3 is 0 Å². The Bertz CT molecular complexity index is 264. The maximum Gasteiger partial charge on any atom is 0.123 e. The molecule has 0 amide bonds. The molecular formula is C9H14ClNOS. The quantitative estimate of drug-likeness (QED) is 0.843. The fraction of sp³-hybridized carbons (Fsp3) is 0.667. The summed E-state index contributed by atoms with van der Waals surface area (Å²) in [6.07, 6.45) is 2.98. The molecule has 4 heteroatoms. The summed E-state index contributed by atoms with van der Waals surface area (Å²) in [5.74, 6) is 0.526. The maximum atomic E-state index is 9.72. The van der Waals surface area contributed by atoms with Crippen molar-refractivity contribution < 1.29 is 5.11 Å². The summed E-state index contributed by atoms with van der Waals surface area (Å²) < 4.78 is 0.637. The molecule has 0 spiro atoms. The first-order valence-corrected chi connectivity index (χ1v) is 5.62. The molecule has 0 aliphatic heterocycles. The van der Waals surface area contributed by atoms with Crippen LogP contribution in [0, 0.1) is 5.92 Å². The summed E-state index contributed by atoms with van der Waals surface area (Å²) in [5.41, 5.74) is 0. The van der Waals surface area contributed by atoms with E-state index in [1.54, 1.807) is 6.20 Å². The van der Waals surface area contributed by atoms with E-state index < -0.39 is 6.10 Å². The number of aliphatic hydroxyl groups excluding tert-OH is 1. The van der Waals surface area contributed by atoms with Crippen LogP contribution < -0.4 is 0 Å². The zero-order valence-corrected chi connectivity index (χ0v) is 9.40. The Morgan fingerprint density at radius 3 is 2.85 bits per heavy atom. The van der Waals surface area contributed by atoms with Crippen LogP contribution >= 0.6 is 22.9 Å². The summed E-state index contributed by atoms with van der Waals surface area (Å²) in [6.45, 7) is 4.24. The lowest BCUT2D eigenvalue weighted by molar-refractivity contribution is 0.146. The highest BCUT2D eigenvalue weighted by molar-refractivity contribution is 7.15. The molecule has 0 aromatic carbocycles. The molecule has 1 aromatic heterocycles. The molecule has 1 rings (SSSR count). The molecule has 0 aliphatic rings. The molecule has 1 heterocycles. The van der Waals surface area contributed by atoms with E-state index >= 15 is 0 Å². The number of aliphatic hydroxyl groups is 1. The minimum atomic E-state index is -0.451. The molecule has 1 aromatic rings. The lowest BCUT2D eigenvalue weighted by atomic mass is 10.0. The second kappa shape index (κ2) is 4.94. The summed E-state index contributed by atoms with van der Waals surface area (Å²) in [5, 5.41) is 10.5. The number of hydrogen-bond acceptors (Lipinski definition) is 3. The van der Waals surface area contributed by atoms with Gasteiger partial charge in [-0.1, -0.05) is 31.9 Å². The number of rotatable bonds is 4. The molecule has 74 valence electrons. The minimum absolute atomic E-state index is 0.451. The lowest BCUT2D eigenvalue weighted by Crippen LogP contribution is -2.02. The van der Waals surface area contributed by atoms with Crippen LogP contribution in [-0.4, -0.2) is 10.1 Å². The summed E-state index contributed by atoms with van der Waals surface area (Å²) in [6, 6.07) is 0. The number of hydrogen-bond donors (Lipinski definition) is 1. The fourth-order valence-electron chi connectivity index (χ4n) is 1.07. The van der Waals surface area contributed by atoms with Crippen molar-refractivity contribution in [2.24, 2.45) is 5.92 Å². The predicted molar refractivity (Wildman–Crippen MR) is 56.2 cm³/mol. The van der Waals surface area contributed by atoms with E-state index in [9.17, 15) is 5.11 Å². The van der Waals surface area contributed by atoms with Crippen molar-refractivity contribution >= 4 is 22.9 Å². The van der Waals surface area contributed by atoms with E-state index in [0.717, 1.165) is 17.8 Å². The van der Waals surface area contributed by atoms with Gasteiger partial charge in [0.25, 0.3) is 0 Å². The molecule has 2 nitrogen and oxygen atoms in total. The monoisotopic (exact) mass is 219 g/mol. The first kappa shape index (κ1) is 11.0. The van der Waals surface area contributed by atoms with Crippen molar-refractivity contribution in [2.75, 3.05) is 0 Å². The number of thiazole rings is 1. The van der Waals surface area contributed by atoms with Gasteiger partial charge in [-0.2, -0.15) is 0 Å². The van der Waals surface area contributed by atoms with Crippen LogP contribution in [0.2, 0.25) is 4.34 Å². The van der Waals surface area contributed by atoms with Gasteiger partial charge in [-0.15, -0.1) is 11.3 Å². The van der Waals surface area contributed by atoms with Crippen LogP contribution in [0.25, 0.3) is 0 Å². The van der Waals surface area contributed by atoms with Crippen LogP contribution in [0.15, 0.2) is 6.20 Å². The SMILES string of the molecule is CCC(C)CC(O)c1ncc(Cl)s1. The van der Waals surface area contributed by atoms with E-state index in [-0.39, 0.29) is 0 Å². The van der Waals surface area contributed by atoms with Gasteiger partial charge < -0.3 is 5.11 Å². The second-order valence-electron chi connectivity index (χ2n) is 3.27. The molecule has 13 heavy (non-hydrogen) atoms.